The molecule has 0 saturated heterocycles. The van der Waals surface area contributed by atoms with Crippen LogP contribution in [0.5, 0.6) is 0 Å². The Labute approximate surface area is 107 Å². The minimum atomic E-state index is 0.0227. The van der Waals surface area contributed by atoms with Crippen molar-refractivity contribution in [3.63, 3.8) is 0 Å². The number of halogens is 1. The molecule has 0 bridgehead atoms. The monoisotopic (exact) mass is 347 g/mol. The lowest BCUT2D eigenvalue weighted by Gasteiger charge is -1.90. The Kier molecular flexibility index (Phi) is 2.15. The third-order valence-corrected chi connectivity index (χ3v) is 5.37. The van der Waals surface area contributed by atoms with Gasteiger partial charge >= 0.3 is 0 Å². The highest BCUT2D eigenvalue weighted by Crippen LogP contribution is 2.34. The predicted molar refractivity (Wildman–Crippen MR) is 75.3 cm³/mol. The van der Waals surface area contributed by atoms with E-state index in [-0.39, 0.29) is 5.56 Å². The molecule has 3 aromatic heterocycles. The van der Waals surface area contributed by atoms with Crippen molar-refractivity contribution in [1.82, 2.24) is 4.98 Å². The fourth-order valence-corrected chi connectivity index (χ4v) is 4.64. The van der Waals surface area contributed by atoms with Crippen LogP contribution < -0.4 is 5.56 Å². The van der Waals surface area contributed by atoms with Gasteiger partial charge in [0.25, 0.3) is 5.56 Å². The number of aromatic amines is 1. The maximum absolute atomic E-state index is 11.8. The molecule has 0 aliphatic heterocycles. The summed E-state index contributed by atoms with van der Waals surface area (Å²) in [5.74, 6) is 0. The van der Waals surface area contributed by atoms with E-state index < -0.39 is 0 Å². The SMILES string of the molecule is Cc1cc2[nH]c(=O)c3cc(I)sc3c2s1. The van der Waals surface area contributed by atoms with Crippen LogP contribution in [0, 0.1) is 9.81 Å². The van der Waals surface area contributed by atoms with E-state index in [0.29, 0.717) is 0 Å². The molecule has 0 amide bonds. The number of rotatable bonds is 0. The van der Waals surface area contributed by atoms with Crippen molar-refractivity contribution in [3.8, 4) is 0 Å². The van der Waals surface area contributed by atoms with E-state index in [1.807, 2.05) is 12.1 Å². The highest BCUT2D eigenvalue weighted by molar-refractivity contribution is 14.1. The first-order valence-corrected chi connectivity index (χ1v) is 7.08. The number of hydrogen-bond acceptors (Lipinski definition) is 3. The van der Waals surface area contributed by atoms with Crippen molar-refractivity contribution in [2.24, 2.45) is 0 Å². The normalized spacial score (nSPS) is 11.6. The van der Waals surface area contributed by atoms with Gasteiger partial charge < -0.3 is 4.98 Å². The number of thiophene rings is 2. The first-order valence-electron chi connectivity index (χ1n) is 4.36. The lowest BCUT2D eigenvalue weighted by molar-refractivity contribution is 1.35. The van der Waals surface area contributed by atoms with Gasteiger partial charge in [0.15, 0.2) is 0 Å². The van der Waals surface area contributed by atoms with Crippen LogP contribution >= 0.6 is 45.3 Å². The van der Waals surface area contributed by atoms with Crippen LogP contribution in [0.1, 0.15) is 4.88 Å². The predicted octanol–water partition coefficient (Wildman–Crippen LogP) is 3.72. The molecule has 0 aromatic carbocycles. The van der Waals surface area contributed by atoms with Gasteiger partial charge in [-0.05, 0) is 41.6 Å². The molecule has 76 valence electrons. The highest BCUT2D eigenvalue weighted by Gasteiger charge is 2.10. The van der Waals surface area contributed by atoms with Crippen LogP contribution in [0.15, 0.2) is 16.9 Å². The quantitative estimate of drug-likeness (QED) is 0.618. The zero-order valence-corrected chi connectivity index (χ0v) is 11.5. The largest absolute Gasteiger partial charge is 0.321 e. The number of aryl methyl sites for hydroxylation is 1. The molecule has 3 aromatic rings. The summed E-state index contributed by atoms with van der Waals surface area (Å²) in [6.45, 7) is 2.06. The molecule has 0 atom stereocenters. The van der Waals surface area contributed by atoms with Crippen LogP contribution in [0.25, 0.3) is 20.3 Å². The van der Waals surface area contributed by atoms with E-state index in [4.69, 9.17) is 0 Å². The van der Waals surface area contributed by atoms with E-state index in [2.05, 4.69) is 34.5 Å². The summed E-state index contributed by atoms with van der Waals surface area (Å²) < 4.78 is 3.48. The first kappa shape index (κ1) is 9.80. The maximum atomic E-state index is 11.8. The molecule has 2 nitrogen and oxygen atoms in total. The van der Waals surface area contributed by atoms with E-state index in [1.165, 1.54) is 9.58 Å². The summed E-state index contributed by atoms with van der Waals surface area (Å²) in [4.78, 5) is 15.9. The summed E-state index contributed by atoms with van der Waals surface area (Å²) >= 11 is 5.69. The van der Waals surface area contributed by atoms with Crippen LogP contribution in [0.2, 0.25) is 0 Å². The molecule has 0 unspecified atom stereocenters. The minimum Gasteiger partial charge on any atom is -0.321 e. The summed E-state index contributed by atoms with van der Waals surface area (Å²) in [5.41, 5.74) is 0.989. The molecule has 0 radical (unpaired) electrons. The van der Waals surface area contributed by atoms with Crippen LogP contribution in [-0.4, -0.2) is 4.98 Å². The molecular formula is C10H6INOS2. The number of aromatic nitrogens is 1. The maximum Gasteiger partial charge on any atom is 0.257 e. The molecule has 3 heterocycles. The Balaban J connectivity index is 2.67. The molecular weight excluding hydrogens is 341 g/mol. The second kappa shape index (κ2) is 3.29. The summed E-state index contributed by atoms with van der Waals surface area (Å²) in [6.07, 6.45) is 0. The molecule has 1 N–H and O–H groups in total. The number of fused-ring (bicyclic) bond motifs is 3. The third-order valence-electron chi connectivity index (χ3n) is 2.26. The van der Waals surface area contributed by atoms with E-state index in [1.54, 1.807) is 22.7 Å². The van der Waals surface area contributed by atoms with Crippen LogP contribution in [-0.2, 0) is 0 Å². The second-order valence-electron chi connectivity index (χ2n) is 3.35. The van der Waals surface area contributed by atoms with Gasteiger partial charge in [-0.1, -0.05) is 0 Å². The standard InChI is InChI=1S/C10H6INOS2/c1-4-2-6-9(14-4)8-5(10(13)12-6)3-7(11)15-8/h2-3H,1H3,(H,12,13). The fourth-order valence-electron chi connectivity index (χ4n) is 1.66. The fraction of sp³-hybridized carbons (Fsp3) is 0.100. The van der Waals surface area contributed by atoms with Crippen molar-refractivity contribution in [2.45, 2.75) is 6.92 Å². The van der Waals surface area contributed by atoms with Gasteiger partial charge in [0, 0.05) is 4.88 Å². The summed E-state index contributed by atoms with van der Waals surface area (Å²) in [6, 6.07) is 3.99. The Hall–Kier alpha value is -0.400. The minimum absolute atomic E-state index is 0.0227. The lowest BCUT2D eigenvalue weighted by atomic mass is 10.3. The Bertz CT molecular complexity index is 722. The van der Waals surface area contributed by atoms with Gasteiger partial charge in [0.05, 0.1) is 23.2 Å². The molecule has 0 aliphatic carbocycles. The van der Waals surface area contributed by atoms with Crippen molar-refractivity contribution in [3.05, 3.63) is 30.2 Å². The second-order valence-corrected chi connectivity index (χ2v) is 7.55. The number of H-pyrrole nitrogens is 1. The van der Waals surface area contributed by atoms with Gasteiger partial charge in [-0.25, -0.2) is 0 Å². The average Bonchev–Trinajstić information content (AvgIpc) is 2.68. The summed E-state index contributed by atoms with van der Waals surface area (Å²) in [7, 11) is 0. The Morgan fingerprint density at radius 1 is 1.27 bits per heavy atom. The number of hydrogen-bond donors (Lipinski definition) is 1. The van der Waals surface area contributed by atoms with Crippen LogP contribution in [0.4, 0.5) is 0 Å². The smallest absolute Gasteiger partial charge is 0.257 e. The van der Waals surface area contributed by atoms with E-state index in [9.17, 15) is 4.79 Å². The number of nitrogens with one attached hydrogen (secondary N) is 1. The molecule has 15 heavy (non-hydrogen) atoms. The van der Waals surface area contributed by atoms with Crippen molar-refractivity contribution in [1.29, 1.82) is 0 Å². The molecule has 0 aliphatic rings. The molecule has 0 saturated carbocycles. The zero-order valence-electron chi connectivity index (χ0n) is 7.76. The molecule has 3 rings (SSSR count). The molecule has 0 fully saturated rings. The summed E-state index contributed by atoms with van der Waals surface area (Å²) in [5, 5.41) is 0.818. The van der Waals surface area contributed by atoms with Crippen molar-refractivity contribution < 1.29 is 0 Å². The van der Waals surface area contributed by atoms with Gasteiger partial charge in [0.1, 0.15) is 0 Å². The average molecular weight is 347 g/mol. The topological polar surface area (TPSA) is 32.9 Å². The Morgan fingerprint density at radius 2 is 2.07 bits per heavy atom. The zero-order chi connectivity index (χ0) is 10.6. The van der Waals surface area contributed by atoms with Gasteiger partial charge in [-0.2, -0.15) is 0 Å². The third kappa shape index (κ3) is 1.44. The van der Waals surface area contributed by atoms with Crippen molar-refractivity contribution in [2.75, 3.05) is 0 Å². The van der Waals surface area contributed by atoms with Gasteiger partial charge in [0.2, 0.25) is 0 Å². The highest BCUT2D eigenvalue weighted by atomic mass is 127. The van der Waals surface area contributed by atoms with Gasteiger partial charge in [-0.15, -0.1) is 22.7 Å². The molecule has 5 heteroatoms. The lowest BCUT2D eigenvalue weighted by Crippen LogP contribution is -2.03. The number of pyridine rings is 1. The van der Waals surface area contributed by atoms with E-state index in [0.717, 1.165) is 18.5 Å². The Morgan fingerprint density at radius 3 is 2.87 bits per heavy atom. The van der Waals surface area contributed by atoms with Gasteiger partial charge in [-0.3, -0.25) is 4.79 Å². The van der Waals surface area contributed by atoms with Crippen molar-refractivity contribution >= 4 is 65.6 Å². The first-order chi connectivity index (χ1) is 7.15. The molecule has 0 spiro atoms. The van der Waals surface area contributed by atoms with Crippen LogP contribution in [0.3, 0.4) is 0 Å². The van der Waals surface area contributed by atoms with E-state index >= 15 is 0 Å².